The number of rotatable bonds is 3. The van der Waals surface area contributed by atoms with Crippen LogP contribution in [-0.2, 0) is 10.7 Å². The van der Waals surface area contributed by atoms with E-state index in [9.17, 15) is 18.0 Å². The number of hydrogen-bond acceptors (Lipinski definition) is 2. The molecule has 0 spiro atoms. The Hall–Kier alpha value is -1.72. The Kier molecular flexibility index (Phi) is 2.88. The highest BCUT2D eigenvalue weighted by Crippen LogP contribution is 2.37. The summed E-state index contributed by atoms with van der Waals surface area (Å²) in [6.45, 7) is 0. The van der Waals surface area contributed by atoms with E-state index < -0.39 is 35.4 Å². The smallest absolute Gasteiger partial charge is 0.309 e. The van der Waals surface area contributed by atoms with E-state index in [4.69, 9.17) is 10.2 Å². The second-order valence-corrected chi connectivity index (χ2v) is 2.94. The van der Waals surface area contributed by atoms with Crippen molar-refractivity contribution < 1.29 is 28.2 Å². The molecule has 0 saturated carbocycles. The fraction of sp³-hybridized carbons (Fsp3) is 0.222. The molecule has 0 heterocycles. The topological polar surface area (TPSA) is 57.5 Å². The molecule has 0 aromatic heterocycles. The van der Waals surface area contributed by atoms with Gasteiger partial charge in [0.05, 0.1) is 5.56 Å². The molecule has 3 nitrogen and oxygen atoms in total. The zero-order valence-corrected chi connectivity index (χ0v) is 7.38. The van der Waals surface area contributed by atoms with Crippen molar-refractivity contribution in [3.63, 3.8) is 0 Å². The average molecular weight is 220 g/mol. The van der Waals surface area contributed by atoms with Crippen LogP contribution in [0.3, 0.4) is 0 Å². The van der Waals surface area contributed by atoms with Gasteiger partial charge in [0.1, 0.15) is 18.0 Å². The molecule has 1 rings (SSSR count). The van der Waals surface area contributed by atoms with E-state index in [0.29, 0.717) is 6.07 Å². The highest BCUT2D eigenvalue weighted by atomic mass is 19.3. The van der Waals surface area contributed by atoms with Crippen LogP contribution in [-0.4, -0.2) is 16.2 Å². The number of halogens is 3. The van der Waals surface area contributed by atoms with Gasteiger partial charge in [-0.3, -0.25) is 4.79 Å². The van der Waals surface area contributed by atoms with Crippen LogP contribution in [0.4, 0.5) is 13.2 Å². The SMILES string of the molecule is O=C(O)CC(F)(F)c1cc(F)ccc1O. The number of carbonyl (C=O) groups is 1. The van der Waals surface area contributed by atoms with Gasteiger partial charge in [-0.2, -0.15) is 0 Å². The minimum absolute atomic E-state index is 0.415. The number of alkyl halides is 2. The molecule has 0 fully saturated rings. The summed E-state index contributed by atoms with van der Waals surface area (Å²) in [6, 6.07) is 1.97. The van der Waals surface area contributed by atoms with Crippen LogP contribution in [0, 0.1) is 5.82 Å². The average Bonchev–Trinajstić information content (AvgIpc) is 2.06. The molecule has 1 aromatic carbocycles. The molecule has 1 aromatic rings. The Morgan fingerprint density at radius 3 is 2.53 bits per heavy atom. The van der Waals surface area contributed by atoms with Crippen molar-refractivity contribution in [3.8, 4) is 5.75 Å². The summed E-state index contributed by atoms with van der Waals surface area (Å²) >= 11 is 0. The maximum absolute atomic E-state index is 13.1. The van der Waals surface area contributed by atoms with Crippen molar-refractivity contribution in [2.45, 2.75) is 12.3 Å². The molecule has 0 aliphatic heterocycles. The molecule has 6 heteroatoms. The van der Waals surface area contributed by atoms with Gasteiger partial charge in [-0.25, -0.2) is 13.2 Å². The van der Waals surface area contributed by atoms with Gasteiger partial charge in [-0.1, -0.05) is 0 Å². The van der Waals surface area contributed by atoms with Gasteiger partial charge in [-0.05, 0) is 18.2 Å². The number of aliphatic carboxylic acids is 1. The van der Waals surface area contributed by atoms with E-state index >= 15 is 0 Å². The van der Waals surface area contributed by atoms with Gasteiger partial charge in [0.15, 0.2) is 0 Å². The molecule has 15 heavy (non-hydrogen) atoms. The van der Waals surface area contributed by atoms with E-state index in [0.717, 1.165) is 12.1 Å². The predicted octanol–water partition coefficient (Wildman–Crippen LogP) is 2.10. The molecule has 0 aliphatic rings. The van der Waals surface area contributed by atoms with Gasteiger partial charge in [0.2, 0.25) is 0 Å². The molecule has 82 valence electrons. The van der Waals surface area contributed by atoms with Crippen LogP contribution in [0.5, 0.6) is 5.75 Å². The van der Waals surface area contributed by atoms with Crippen LogP contribution in [0.1, 0.15) is 12.0 Å². The lowest BCUT2D eigenvalue weighted by molar-refractivity contribution is -0.145. The van der Waals surface area contributed by atoms with E-state index in [2.05, 4.69) is 0 Å². The molecule has 0 amide bonds. The summed E-state index contributed by atoms with van der Waals surface area (Å²) in [5, 5.41) is 17.3. The Morgan fingerprint density at radius 1 is 1.40 bits per heavy atom. The standard InChI is InChI=1S/C9H7F3O3/c10-5-1-2-7(13)6(3-5)9(11,12)4-8(14)15/h1-3,13H,4H2,(H,14,15). The first-order valence-electron chi connectivity index (χ1n) is 3.91. The van der Waals surface area contributed by atoms with Crippen molar-refractivity contribution in [1.29, 1.82) is 0 Å². The number of aromatic hydroxyl groups is 1. The molecule has 0 unspecified atom stereocenters. The molecule has 0 bridgehead atoms. The van der Waals surface area contributed by atoms with Crippen molar-refractivity contribution in [2.75, 3.05) is 0 Å². The normalized spacial score (nSPS) is 11.4. The van der Waals surface area contributed by atoms with E-state index in [1.54, 1.807) is 0 Å². The largest absolute Gasteiger partial charge is 0.507 e. The Bertz CT molecular complexity index is 390. The third-order valence-electron chi connectivity index (χ3n) is 1.73. The monoisotopic (exact) mass is 220 g/mol. The van der Waals surface area contributed by atoms with Crippen molar-refractivity contribution in [2.24, 2.45) is 0 Å². The van der Waals surface area contributed by atoms with Gasteiger partial charge in [0.25, 0.3) is 5.92 Å². The third kappa shape index (κ3) is 2.61. The first-order valence-corrected chi connectivity index (χ1v) is 3.91. The van der Waals surface area contributed by atoms with E-state index in [-0.39, 0.29) is 0 Å². The van der Waals surface area contributed by atoms with Crippen molar-refractivity contribution in [1.82, 2.24) is 0 Å². The van der Waals surface area contributed by atoms with Crippen LogP contribution in [0.2, 0.25) is 0 Å². The second kappa shape index (κ2) is 3.80. The Labute approximate surface area is 82.8 Å². The van der Waals surface area contributed by atoms with Gasteiger partial charge in [-0.15, -0.1) is 0 Å². The molecule has 0 atom stereocenters. The number of benzene rings is 1. The highest BCUT2D eigenvalue weighted by Gasteiger charge is 2.37. The fourth-order valence-corrected chi connectivity index (χ4v) is 1.09. The summed E-state index contributed by atoms with van der Waals surface area (Å²) in [5.74, 6) is -7.32. The minimum Gasteiger partial charge on any atom is -0.507 e. The van der Waals surface area contributed by atoms with Crippen molar-refractivity contribution >= 4 is 5.97 Å². The second-order valence-electron chi connectivity index (χ2n) is 2.94. The van der Waals surface area contributed by atoms with E-state index in [1.807, 2.05) is 0 Å². The molecule has 0 aliphatic carbocycles. The Balaban J connectivity index is 3.13. The molecule has 0 radical (unpaired) electrons. The summed E-state index contributed by atoms with van der Waals surface area (Å²) in [4.78, 5) is 10.1. The third-order valence-corrected chi connectivity index (χ3v) is 1.73. The lowest BCUT2D eigenvalue weighted by Crippen LogP contribution is -2.18. The Morgan fingerprint density at radius 2 is 2.00 bits per heavy atom. The summed E-state index contributed by atoms with van der Waals surface area (Å²) in [6.07, 6.45) is -1.50. The molecule has 2 N–H and O–H groups in total. The summed E-state index contributed by atoms with van der Waals surface area (Å²) < 4.78 is 38.9. The van der Waals surface area contributed by atoms with Crippen LogP contribution in [0.15, 0.2) is 18.2 Å². The zero-order valence-electron chi connectivity index (χ0n) is 7.38. The highest BCUT2D eigenvalue weighted by molar-refractivity contribution is 5.68. The number of phenolic OH excluding ortho intramolecular Hbond substituents is 1. The summed E-state index contributed by atoms with van der Waals surface area (Å²) in [5.41, 5.74) is -1.02. The lowest BCUT2D eigenvalue weighted by atomic mass is 10.0. The maximum atomic E-state index is 13.1. The molecular weight excluding hydrogens is 213 g/mol. The van der Waals surface area contributed by atoms with Gasteiger partial charge >= 0.3 is 5.97 Å². The quantitative estimate of drug-likeness (QED) is 0.820. The maximum Gasteiger partial charge on any atom is 0.309 e. The van der Waals surface area contributed by atoms with Gasteiger partial charge in [0, 0.05) is 0 Å². The van der Waals surface area contributed by atoms with Crippen molar-refractivity contribution in [3.05, 3.63) is 29.6 Å². The predicted molar refractivity (Wildman–Crippen MR) is 44.2 cm³/mol. The number of carboxylic acid groups (broad SMARTS) is 1. The van der Waals surface area contributed by atoms with Crippen LogP contribution in [0.25, 0.3) is 0 Å². The van der Waals surface area contributed by atoms with E-state index in [1.165, 1.54) is 0 Å². The first kappa shape index (κ1) is 11.4. The number of hydrogen-bond donors (Lipinski definition) is 2. The molecule has 0 saturated heterocycles. The number of phenols is 1. The lowest BCUT2D eigenvalue weighted by Gasteiger charge is -2.15. The van der Waals surface area contributed by atoms with Crippen LogP contribution >= 0.6 is 0 Å². The fourth-order valence-electron chi connectivity index (χ4n) is 1.09. The van der Waals surface area contributed by atoms with Crippen LogP contribution < -0.4 is 0 Å². The first-order chi connectivity index (χ1) is 6.83. The number of carboxylic acids is 1. The zero-order chi connectivity index (χ0) is 11.6. The minimum atomic E-state index is -3.79. The molecular formula is C9H7F3O3. The summed E-state index contributed by atoms with van der Waals surface area (Å²) in [7, 11) is 0. The van der Waals surface area contributed by atoms with Gasteiger partial charge < -0.3 is 10.2 Å².